The van der Waals surface area contributed by atoms with Crippen LogP contribution in [0.5, 0.6) is 0 Å². The van der Waals surface area contributed by atoms with Gasteiger partial charge in [-0.3, -0.25) is 4.79 Å². The van der Waals surface area contributed by atoms with Gasteiger partial charge in [0.05, 0.1) is 26.2 Å². The van der Waals surface area contributed by atoms with Crippen LogP contribution in [0.25, 0.3) is 0 Å². The van der Waals surface area contributed by atoms with Gasteiger partial charge < -0.3 is 19.2 Å². The number of amides is 1. The number of carbonyl (C=O) groups excluding carboxylic acids is 2. The van der Waals surface area contributed by atoms with E-state index in [1.807, 2.05) is 66.7 Å². The lowest BCUT2D eigenvalue weighted by Crippen LogP contribution is -2.67. The molecule has 1 N–H and O–H groups in total. The monoisotopic (exact) mass is 505 g/mol. The van der Waals surface area contributed by atoms with E-state index in [-0.39, 0.29) is 24.7 Å². The first-order chi connectivity index (χ1) is 17.3. The SMILES string of the molecule is COC(=O)C[C@@H](CO[Si](c1ccccc1)(c1ccccc1)C(C)(C)C)NC(=O)OCc1ccccc1. The van der Waals surface area contributed by atoms with E-state index in [9.17, 15) is 9.59 Å². The van der Waals surface area contributed by atoms with Crippen LogP contribution >= 0.6 is 0 Å². The van der Waals surface area contributed by atoms with E-state index >= 15 is 0 Å². The number of hydrogen-bond donors (Lipinski definition) is 1. The van der Waals surface area contributed by atoms with Crippen LogP contribution in [0.1, 0.15) is 32.8 Å². The van der Waals surface area contributed by atoms with Crippen molar-refractivity contribution in [1.82, 2.24) is 5.32 Å². The van der Waals surface area contributed by atoms with Gasteiger partial charge in [0.15, 0.2) is 0 Å². The Morgan fingerprint density at radius 2 is 1.33 bits per heavy atom. The summed E-state index contributed by atoms with van der Waals surface area (Å²) in [6.07, 6.45) is -0.645. The van der Waals surface area contributed by atoms with Gasteiger partial charge in [0.2, 0.25) is 0 Å². The number of ether oxygens (including phenoxy) is 2. The van der Waals surface area contributed by atoms with Crippen molar-refractivity contribution in [3.63, 3.8) is 0 Å². The normalized spacial score (nSPS) is 12.4. The van der Waals surface area contributed by atoms with Crippen LogP contribution in [-0.2, 0) is 25.3 Å². The molecule has 36 heavy (non-hydrogen) atoms. The molecule has 0 aliphatic heterocycles. The Hall–Kier alpha value is -3.42. The van der Waals surface area contributed by atoms with E-state index in [2.05, 4.69) is 50.4 Å². The summed E-state index contributed by atoms with van der Waals surface area (Å²) in [6.45, 7) is 6.79. The highest BCUT2D eigenvalue weighted by Crippen LogP contribution is 2.36. The van der Waals surface area contributed by atoms with Gasteiger partial charge in [-0.2, -0.15) is 0 Å². The number of methoxy groups -OCH3 is 1. The molecule has 0 fully saturated rings. The Labute approximate surface area is 214 Å². The second-order valence-corrected chi connectivity index (χ2v) is 14.0. The lowest BCUT2D eigenvalue weighted by molar-refractivity contribution is -0.141. The summed E-state index contributed by atoms with van der Waals surface area (Å²) in [6, 6.07) is 29.2. The second kappa shape index (κ2) is 12.5. The van der Waals surface area contributed by atoms with Crippen LogP contribution < -0.4 is 15.7 Å². The van der Waals surface area contributed by atoms with Crippen molar-refractivity contribution >= 4 is 30.8 Å². The molecule has 0 spiro atoms. The maximum Gasteiger partial charge on any atom is 0.407 e. The Morgan fingerprint density at radius 1 is 0.833 bits per heavy atom. The molecular weight excluding hydrogens is 470 g/mol. The first-order valence-corrected chi connectivity index (χ1v) is 14.0. The largest absolute Gasteiger partial charge is 0.469 e. The van der Waals surface area contributed by atoms with E-state index in [0.29, 0.717) is 0 Å². The maximum atomic E-state index is 12.6. The molecule has 3 rings (SSSR count). The van der Waals surface area contributed by atoms with Crippen molar-refractivity contribution in [2.75, 3.05) is 13.7 Å². The predicted molar refractivity (Wildman–Crippen MR) is 144 cm³/mol. The third-order valence-electron chi connectivity index (χ3n) is 6.09. The summed E-state index contributed by atoms with van der Waals surface area (Å²) in [5.41, 5.74) is 0.876. The van der Waals surface area contributed by atoms with Crippen molar-refractivity contribution in [1.29, 1.82) is 0 Å². The fourth-order valence-corrected chi connectivity index (χ4v) is 8.96. The van der Waals surface area contributed by atoms with Gasteiger partial charge in [-0.05, 0) is 21.0 Å². The number of alkyl carbamates (subject to hydrolysis) is 1. The number of rotatable bonds is 10. The molecule has 6 nitrogen and oxygen atoms in total. The van der Waals surface area contributed by atoms with Crippen LogP contribution in [-0.4, -0.2) is 40.1 Å². The van der Waals surface area contributed by atoms with Gasteiger partial charge in [-0.1, -0.05) is 112 Å². The maximum absolute atomic E-state index is 12.6. The topological polar surface area (TPSA) is 73.9 Å². The number of esters is 1. The lowest BCUT2D eigenvalue weighted by atomic mass is 10.2. The number of hydrogen-bond acceptors (Lipinski definition) is 5. The minimum Gasteiger partial charge on any atom is -0.469 e. The number of carbonyl (C=O) groups is 2. The van der Waals surface area contributed by atoms with Crippen molar-refractivity contribution in [2.24, 2.45) is 0 Å². The Morgan fingerprint density at radius 3 is 1.81 bits per heavy atom. The number of benzene rings is 3. The van der Waals surface area contributed by atoms with Crippen LogP contribution in [0.4, 0.5) is 4.79 Å². The summed E-state index contributed by atoms with van der Waals surface area (Å²) in [5, 5.41) is 4.81. The van der Waals surface area contributed by atoms with Crippen LogP contribution in [0.2, 0.25) is 5.04 Å². The molecule has 0 saturated carbocycles. The fourth-order valence-electron chi connectivity index (χ4n) is 4.35. The van der Waals surface area contributed by atoms with Crippen molar-refractivity contribution in [2.45, 2.75) is 44.9 Å². The average molecular weight is 506 g/mol. The Balaban J connectivity index is 1.86. The summed E-state index contributed by atoms with van der Waals surface area (Å²) in [7, 11) is -1.51. The molecule has 0 aliphatic rings. The van der Waals surface area contributed by atoms with Crippen molar-refractivity contribution in [3.05, 3.63) is 96.6 Å². The average Bonchev–Trinajstić information content (AvgIpc) is 2.88. The quantitative estimate of drug-likeness (QED) is 0.326. The van der Waals surface area contributed by atoms with E-state index in [1.165, 1.54) is 7.11 Å². The summed E-state index contributed by atoms with van der Waals surface area (Å²) in [5.74, 6) is -0.436. The van der Waals surface area contributed by atoms with E-state index < -0.39 is 26.4 Å². The molecule has 7 heteroatoms. The van der Waals surface area contributed by atoms with Crippen LogP contribution in [0.15, 0.2) is 91.0 Å². The standard InChI is InChI=1S/C29H35NO5Si/c1-29(2,3)36(25-16-10-6-11-17-25,26-18-12-7-13-19-26)35-22-24(20-27(31)33-4)30-28(32)34-21-23-14-8-5-9-15-23/h5-19,24H,20-22H2,1-4H3,(H,30,32)/t24-/m0/s1. The van der Waals surface area contributed by atoms with Crippen molar-refractivity contribution < 1.29 is 23.5 Å². The molecule has 0 heterocycles. The van der Waals surface area contributed by atoms with Gasteiger partial charge in [0.1, 0.15) is 6.61 Å². The molecule has 3 aromatic carbocycles. The summed E-state index contributed by atoms with van der Waals surface area (Å²) in [4.78, 5) is 24.8. The van der Waals surface area contributed by atoms with E-state index in [4.69, 9.17) is 13.9 Å². The highest BCUT2D eigenvalue weighted by molar-refractivity contribution is 6.99. The van der Waals surface area contributed by atoms with Gasteiger partial charge in [-0.15, -0.1) is 0 Å². The first-order valence-electron chi connectivity index (χ1n) is 12.1. The van der Waals surface area contributed by atoms with E-state index in [1.54, 1.807) is 0 Å². The molecule has 1 amide bonds. The molecule has 3 aromatic rings. The summed E-state index contributed by atoms with van der Waals surface area (Å²) < 4.78 is 17.2. The van der Waals surface area contributed by atoms with E-state index in [0.717, 1.165) is 15.9 Å². The van der Waals surface area contributed by atoms with Crippen LogP contribution in [0.3, 0.4) is 0 Å². The second-order valence-electron chi connectivity index (χ2n) is 9.66. The molecule has 0 radical (unpaired) electrons. The third-order valence-corrected chi connectivity index (χ3v) is 11.1. The Kier molecular flexibility index (Phi) is 9.44. The zero-order valence-electron chi connectivity index (χ0n) is 21.4. The molecule has 0 bridgehead atoms. The van der Waals surface area contributed by atoms with Gasteiger partial charge in [-0.25, -0.2) is 4.79 Å². The van der Waals surface area contributed by atoms with Crippen molar-refractivity contribution in [3.8, 4) is 0 Å². The minimum atomic E-state index is -2.84. The molecule has 0 unspecified atom stereocenters. The van der Waals surface area contributed by atoms with Gasteiger partial charge in [0, 0.05) is 0 Å². The zero-order valence-corrected chi connectivity index (χ0v) is 22.4. The fraction of sp³-hybridized carbons (Fsp3) is 0.310. The molecule has 0 saturated heterocycles. The predicted octanol–water partition coefficient (Wildman–Crippen LogP) is 4.42. The molecule has 190 valence electrons. The van der Waals surface area contributed by atoms with Crippen LogP contribution in [0, 0.1) is 0 Å². The smallest absolute Gasteiger partial charge is 0.407 e. The molecule has 0 aromatic heterocycles. The molecule has 0 aliphatic carbocycles. The highest BCUT2D eigenvalue weighted by Gasteiger charge is 2.50. The molecular formula is C29H35NO5Si. The number of nitrogens with one attached hydrogen (secondary N) is 1. The summed E-state index contributed by atoms with van der Waals surface area (Å²) >= 11 is 0. The molecule has 1 atom stereocenters. The lowest BCUT2D eigenvalue weighted by Gasteiger charge is -2.43. The minimum absolute atomic E-state index is 0.0326. The van der Waals surface area contributed by atoms with Gasteiger partial charge >= 0.3 is 12.1 Å². The van der Waals surface area contributed by atoms with Gasteiger partial charge in [0.25, 0.3) is 8.32 Å². The zero-order chi connectivity index (χ0) is 26.0. The Bertz CT molecular complexity index is 1060. The third kappa shape index (κ3) is 6.83. The highest BCUT2D eigenvalue weighted by atomic mass is 28.4. The first kappa shape index (κ1) is 27.2.